The third kappa shape index (κ3) is 4.79. The molecule has 0 unspecified atom stereocenters. The Morgan fingerprint density at radius 1 is 0.774 bits per heavy atom. The number of benzene rings is 2. The molecule has 1 aliphatic heterocycles. The molecule has 9 nitrogen and oxygen atoms in total. The highest BCUT2D eigenvalue weighted by atomic mass is 32.2. The molecule has 3 rings (SSSR count). The average Bonchev–Trinajstić information content (AvgIpc) is 2.79. The summed E-state index contributed by atoms with van der Waals surface area (Å²) in [5, 5.41) is 0. The highest BCUT2D eigenvalue weighted by molar-refractivity contribution is 7.89. The molecule has 0 aliphatic carbocycles. The zero-order valence-electron chi connectivity index (χ0n) is 17.6. The van der Waals surface area contributed by atoms with E-state index >= 15 is 0 Å². The van der Waals surface area contributed by atoms with Gasteiger partial charge in [0.15, 0.2) is 0 Å². The van der Waals surface area contributed by atoms with E-state index in [9.17, 15) is 16.8 Å². The summed E-state index contributed by atoms with van der Waals surface area (Å²) in [4.78, 5) is 0.124. The number of nitrogens with zero attached hydrogens (tertiary/aromatic N) is 2. The van der Waals surface area contributed by atoms with Gasteiger partial charge in [0.1, 0.15) is 22.1 Å². The van der Waals surface area contributed by atoms with E-state index in [4.69, 9.17) is 14.2 Å². The summed E-state index contributed by atoms with van der Waals surface area (Å²) in [7, 11) is -4.79. The number of piperazine rings is 1. The van der Waals surface area contributed by atoms with Gasteiger partial charge in [-0.1, -0.05) is 0 Å². The molecule has 2 aromatic carbocycles. The highest BCUT2D eigenvalue weighted by Gasteiger charge is 2.35. The summed E-state index contributed by atoms with van der Waals surface area (Å²) in [6.45, 7) is 2.47. The van der Waals surface area contributed by atoms with Crippen molar-refractivity contribution in [2.75, 3.05) is 47.0 Å². The molecule has 1 fully saturated rings. The van der Waals surface area contributed by atoms with Crippen molar-refractivity contribution in [2.45, 2.75) is 16.7 Å². The summed E-state index contributed by atoms with van der Waals surface area (Å²) in [5.41, 5.74) is 0. The Balaban J connectivity index is 1.77. The van der Waals surface area contributed by atoms with Crippen LogP contribution in [0.5, 0.6) is 17.2 Å². The molecule has 31 heavy (non-hydrogen) atoms. The first kappa shape index (κ1) is 23.3. The minimum Gasteiger partial charge on any atom is -0.497 e. The summed E-state index contributed by atoms with van der Waals surface area (Å²) in [6.07, 6.45) is 0. The standard InChI is InChI=1S/C20H26N2O7S2/c1-4-29-16-5-8-18(9-6-16)30(23,24)21-11-13-22(14-12-21)31(25,26)20-15-17(27-2)7-10-19(20)28-3/h5-10,15H,4,11-14H2,1-3H3. The van der Waals surface area contributed by atoms with Crippen LogP contribution in [0, 0.1) is 0 Å². The number of ether oxygens (including phenoxy) is 3. The van der Waals surface area contributed by atoms with Crippen LogP contribution in [-0.2, 0) is 20.0 Å². The fraction of sp³-hybridized carbons (Fsp3) is 0.400. The number of rotatable bonds is 8. The van der Waals surface area contributed by atoms with E-state index in [1.165, 1.54) is 47.1 Å². The van der Waals surface area contributed by atoms with E-state index in [1.54, 1.807) is 18.2 Å². The van der Waals surface area contributed by atoms with Crippen LogP contribution in [0.3, 0.4) is 0 Å². The van der Waals surface area contributed by atoms with Gasteiger partial charge in [-0.25, -0.2) is 16.8 Å². The Morgan fingerprint density at radius 2 is 1.32 bits per heavy atom. The number of hydrogen-bond donors (Lipinski definition) is 0. The van der Waals surface area contributed by atoms with E-state index in [0.29, 0.717) is 18.1 Å². The third-order valence-electron chi connectivity index (χ3n) is 4.96. The molecular formula is C20H26N2O7S2. The van der Waals surface area contributed by atoms with Gasteiger partial charge in [-0.2, -0.15) is 8.61 Å². The van der Waals surface area contributed by atoms with E-state index in [1.807, 2.05) is 6.92 Å². The monoisotopic (exact) mass is 470 g/mol. The van der Waals surface area contributed by atoms with Crippen molar-refractivity contribution in [3.05, 3.63) is 42.5 Å². The van der Waals surface area contributed by atoms with Crippen LogP contribution in [0.4, 0.5) is 0 Å². The summed E-state index contributed by atoms with van der Waals surface area (Å²) < 4.78 is 70.5. The predicted molar refractivity (Wildman–Crippen MR) is 115 cm³/mol. The molecule has 0 bridgehead atoms. The van der Waals surface area contributed by atoms with Crippen LogP contribution in [0.1, 0.15) is 6.92 Å². The fourth-order valence-corrected chi connectivity index (χ4v) is 6.31. The fourth-order valence-electron chi connectivity index (χ4n) is 3.30. The van der Waals surface area contributed by atoms with Gasteiger partial charge < -0.3 is 14.2 Å². The lowest BCUT2D eigenvalue weighted by Crippen LogP contribution is -2.50. The van der Waals surface area contributed by atoms with Gasteiger partial charge in [0.25, 0.3) is 0 Å². The SMILES string of the molecule is CCOc1ccc(S(=O)(=O)N2CCN(S(=O)(=O)c3cc(OC)ccc3OC)CC2)cc1. The van der Waals surface area contributed by atoms with Crippen LogP contribution < -0.4 is 14.2 Å². The lowest BCUT2D eigenvalue weighted by atomic mass is 10.3. The van der Waals surface area contributed by atoms with Crippen molar-refractivity contribution in [2.24, 2.45) is 0 Å². The first-order valence-electron chi connectivity index (χ1n) is 9.69. The number of sulfonamides is 2. The van der Waals surface area contributed by atoms with Gasteiger partial charge in [-0.3, -0.25) is 0 Å². The predicted octanol–water partition coefficient (Wildman–Crippen LogP) is 1.80. The lowest BCUT2D eigenvalue weighted by Gasteiger charge is -2.33. The van der Waals surface area contributed by atoms with Crippen molar-refractivity contribution in [3.8, 4) is 17.2 Å². The van der Waals surface area contributed by atoms with Crippen LogP contribution in [-0.4, -0.2) is 72.5 Å². The first-order valence-corrected chi connectivity index (χ1v) is 12.6. The maximum atomic E-state index is 13.2. The van der Waals surface area contributed by atoms with Gasteiger partial charge >= 0.3 is 0 Å². The van der Waals surface area contributed by atoms with Crippen molar-refractivity contribution in [3.63, 3.8) is 0 Å². The molecule has 1 heterocycles. The quantitative estimate of drug-likeness (QED) is 0.580. The topological polar surface area (TPSA) is 102 Å². The smallest absolute Gasteiger partial charge is 0.246 e. The van der Waals surface area contributed by atoms with Gasteiger partial charge in [-0.15, -0.1) is 0 Å². The molecule has 2 aromatic rings. The molecule has 0 N–H and O–H groups in total. The van der Waals surface area contributed by atoms with E-state index < -0.39 is 20.0 Å². The highest BCUT2D eigenvalue weighted by Crippen LogP contribution is 2.31. The maximum Gasteiger partial charge on any atom is 0.246 e. The summed E-state index contributed by atoms with van der Waals surface area (Å²) >= 11 is 0. The lowest BCUT2D eigenvalue weighted by molar-refractivity contribution is 0.272. The zero-order valence-corrected chi connectivity index (χ0v) is 19.3. The summed E-state index contributed by atoms with van der Waals surface area (Å²) in [6, 6.07) is 10.7. The van der Waals surface area contributed by atoms with Crippen molar-refractivity contribution in [1.29, 1.82) is 0 Å². The number of hydrogen-bond acceptors (Lipinski definition) is 7. The van der Waals surface area contributed by atoms with Crippen LogP contribution in [0.15, 0.2) is 52.3 Å². The van der Waals surface area contributed by atoms with E-state index in [0.717, 1.165) is 0 Å². The van der Waals surface area contributed by atoms with E-state index in [-0.39, 0.29) is 41.7 Å². The number of methoxy groups -OCH3 is 2. The van der Waals surface area contributed by atoms with Gasteiger partial charge in [0.2, 0.25) is 20.0 Å². The molecule has 11 heteroatoms. The molecule has 1 aliphatic rings. The van der Waals surface area contributed by atoms with Crippen LogP contribution >= 0.6 is 0 Å². The van der Waals surface area contributed by atoms with Gasteiger partial charge in [0.05, 0.1) is 25.7 Å². The third-order valence-corrected chi connectivity index (χ3v) is 8.79. The van der Waals surface area contributed by atoms with Crippen molar-refractivity contribution >= 4 is 20.0 Å². The Kier molecular flexibility index (Phi) is 7.10. The second kappa shape index (κ2) is 9.43. The van der Waals surface area contributed by atoms with Crippen molar-refractivity contribution < 1.29 is 31.0 Å². The molecule has 170 valence electrons. The molecule has 0 spiro atoms. The minimum atomic E-state index is -3.89. The molecule has 0 radical (unpaired) electrons. The Hall–Kier alpha value is -2.34. The van der Waals surface area contributed by atoms with Crippen molar-refractivity contribution in [1.82, 2.24) is 8.61 Å². The Bertz CT molecular complexity index is 1110. The van der Waals surface area contributed by atoms with Crippen LogP contribution in [0.25, 0.3) is 0 Å². The molecule has 0 amide bonds. The van der Waals surface area contributed by atoms with Crippen LogP contribution in [0.2, 0.25) is 0 Å². The van der Waals surface area contributed by atoms with Gasteiger partial charge in [-0.05, 0) is 43.3 Å². The first-order chi connectivity index (χ1) is 14.7. The minimum absolute atomic E-state index is 0.0165. The normalized spacial score (nSPS) is 16.1. The van der Waals surface area contributed by atoms with Gasteiger partial charge in [0, 0.05) is 32.2 Å². The zero-order chi connectivity index (χ0) is 22.6. The maximum absolute atomic E-state index is 13.2. The largest absolute Gasteiger partial charge is 0.497 e. The average molecular weight is 471 g/mol. The second-order valence-corrected chi connectivity index (χ2v) is 10.6. The molecule has 0 saturated carbocycles. The molecular weight excluding hydrogens is 444 g/mol. The second-order valence-electron chi connectivity index (χ2n) is 6.73. The molecule has 1 saturated heterocycles. The Labute approximate surface area is 183 Å². The summed E-state index contributed by atoms with van der Waals surface area (Å²) in [5.74, 6) is 1.17. The Morgan fingerprint density at radius 3 is 1.84 bits per heavy atom. The molecule has 0 aromatic heterocycles. The van der Waals surface area contributed by atoms with E-state index in [2.05, 4.69) is 0 Å². The molecule has 0 atom stereocenters.